The average molecular weight is 264 g/mol. The highest BCUT2D eigenvalue weighted by atomic mass is 16.5. The third-order valence-corrected chi connectivity index (χ3v) is 3.82. The Bertz CT molecular complexity index is 673. The van der Waals surface area contributed by atoms with Gasteiger partial charge in [-0.05, 0) is 36.1 Å². The maximum Gasteiger partial charge on any atom is 0.143 e. The topological polar surface area (TPSA) is 45.0 Å². The molecule has 0 spiro atoms. The van der Waals surface area contributed by atoms with Crippen LogP contribution in [-0.2, 0) is 6.42 Å². The number of rotatable bonds is 3. The summed E-state index contributed by atoms with van der Waals surface area (Å²) in [5.74, 6) is 0.716. The zero-order valence-electron chi connectivity index (χ0n) is 11.4. The Morgan fingerprint density at radius 3 is 2.85 bits per heavy atom. The van der Waals surface area contributed by atoms with Crippen LogP contribution in [-0.4, -0.2) is 7.11 Å². The largest absolute Gasteiger partial charge is 0.495 e. The van der Waals surface area contributed by atoms with Crippen LogP contribution in [0.15, 0.2) is 42.5 Å². The van der Waals surface area contributed by atoms with Crippen LogP contribution >= 0.6 is 0 Å². The minimum absolute atomic E-state index is 0.245. The van der Waals surface area contributed by atoms with Crippen molar-refractivity contribution >= 4 is 5.69 Å². The molecule has 0 aromatic heterocycles. The van der Waals surface area contributed by atoms with Gasteiger partial charge in [0.2, 0.25) is 0 Å². The van der Waals surface area contributed by atoms with Crippen molar-refractivity contribution in [2.24, 2.45) is 0 Å². The summed E-state index contributed by atoms with van der Waals surface area (Å²) in [7, 11) is 1.63. The number of ether oxygens (including phenoxy) is 1. The van der Waals surface area contributed by atoms with Crippen LogP contribution in [0.5, 0.6) is 5.75 Å². The second-order valence-corrected chi connectivity index (χ2v) is 4.93. The molecule has 1 atom stereocenters. The summed E-state index contributed by atoms with van der Waals surface area (Å²) in [5, 5.41) is 12.8. The fourth-order valence-electron chi connectivity index (χ4n) is 2.82. The summed E-state index contributed by atoms with van der Waals surface area (Å²) in [6.07, 6.45) is 2.12. The Hall–Kier alpha value is -2.47. The highest BCUT2D eigenvalue weighted by molar-refractivity contribution is 5.67. The molecule has 0 bridgehead atoms. The Kier molecular flexibility index (Phi) is 3.30. The van der Waals surface area contributed by atoms with E-state index in [-0.39, 0.29) is 6.04 Å². The number of hydrogen-bond acceptors (Lipinski definition) is 3. The number of nitrogens with zero attached hydrogens (tertiary/aromatic N) is 1. The van der Waals surface area contributed by atoms with Gasteiger partial charge in [0.1, 0.15) is 11.8 Å². The van der Waals surface area contributed by atoms with E-state index in [1.54, 1.807) is 7.11 Å². The molecule has 0 heterocycles. The second kappa shape index (κ2) is 5.26. The molecule has 3 heteroatoms. The van der Waals surface area contributed by atoms with E-state index in [0.29, 0.717) is 11.3 Å². The van der Waals surface area contributed by atoms with E-state index in [9.17, 15) is 5.26 Å². The fourth-order valence-corrected chi connectivity index (χ4v) is 2.82. The lowest BCUT2D eigenvalue weighted by Crippen LogP contribution is -2.09. The van der Waals surface area contributed by atoms with Crippen LogP contribution in [0.25, 0.3) is 0 Å². The molecule has 1 unspecified atom stereocenters. The van der Waals surface area contributed by atoms with Crippen LogP contribution in [0, 0.1) is 11.3 Å². The van der Waals surface area contributed by atoms with Crippen LogP contribution in [0.4, 0.5) is 5.69 Å². The molecular formula is C17H16N2O. The second-order valence-electron chi connectivity index (χ2n) is 4.93. The van der Waals surface area contributed by atoms with Gasteiger partial charge in [-0.1, -0.05) is 30.3 Å². The van der Waals surface area contributed by atoms with Gasteiger partial charge >= 0.3 is 0 Å². The Balaban J connectivity index is 1.95. The van der Waals surface area contributed by atoms with Crippen molar-refractivity contribution in [1.82, 2.24) is 0 Å². The van der Waals surface area contributed by atoms with Crippen LogP contribution in [0.1, 0.15) is 29.2 Å². The van der Waals surface area contributed by atoms with Crippen molar-refractivity contribution in [1.29, 1.82) is 5.26 Å². The molecule has 20 heavy (non-hydrogen) atoms. The van der Waals surface area contributed by atoms with E-state index in [0.717, 1.165) is 18.5 Å². The van der Waals surface area contributed by atoms with Crippen molar-refractivity contribution in [3.8, 4) is 11.8 Å². The van der Waals surface area contributed by atoms with E-state index < -0.39 is 0 Å². The maximum absolute atomic E-state index is 9.26. The van der Waals surface area contributed by atoms with Gasteiger partial charge in [-0.2, -0.15) is 5.26 Å². The van der Waals surface area contributed by atoms with Gasteiger partial charge in [0, 0.05) is 0 Å². The summed E-state index contributed by atoms with van der Waals surface area (Å²) in [4.78, 5) is 0. The number of aryl methyl sites for hydroxylation is 1. The van der Waals surface area contributed by atoms with E-state index in [2.05, 4.69) is 35.7 Å². The molecule has 0 aliphatic heterocycles. The van der Waals surface area contributed by atoms with Crippen molar-refractivity contribution in [2.75, 3.05) is 12.4 Å². The minimum Gasteiger partial charge on any atom is -0.495 e. The number of para-hydroxylation sites is 1. The summed E-state index contributed by atoms with van der Waals surface area (Å²) in [5.41, 5.74) is 4.12. The zero-order chi connectivity index (χ0) is 13.9. The first-order valence-corrected chi connectivity index (χ1v) is 6.75. The molecule has 0 saturated carbocycles. The highest BCUT2D eigenvalue weighted by Gasteiger charge is 2.23. The van der Waals surface area contributed by atoms with E-state index in [4.69, 9.17) is 4.74 Å². The standard InChI is InChI=1S/C17H16N2O/c1-20-16-8-4-6-13(11-18)17(16)19-15-10-9-12-5-2-3-7-14(12)15/h2-8,15,19H,9-10H2,1H3. The molecule has 0 fully saturated rings. The zero-order valence-corrected chi connectivity index (χ0v) is 11.4. The van der Waals surface area contributed by atoms with Gasteiger partial charge < -0.3 is 10.1 Å². The molecule has 1 N–H and O–H groups in total. The van der Waals surface area contributed by atoms with Gasteiger partial charge in [-0.3, -0.25) is 0 Å². The average Bonchev–Trinajstić information content (AvgIpc) is 2.91. The number of nitrogens with one attached hydrogen (secondary N) is 1. The Morgan fingerprint density at radius 1 is 1.20 bits per heavy atom. The lowest BCUT2D eigenvalue weighted by Gasteiger charge is -2.18. The molecule has 3 rings (SSSR count). The van der Waals surface area contributed by atoms with Gasteiger partial charge in [0.25, 0.3) is 0 Å². The molecule has 3 nitrogen and oxygen atoms in total. The third-order valence-electron chi connectivity index (χ3n) is 3.82. The molecule has 0 saturated heterocycles. The number of anilines is 1. The number of methoxy groups -OCH3 is 1. The Labute approximate surface area is 118 Å². The molecule has 2 aromatic carbocycles. The van der Waals surface area contributed by atoms with E-state index in [1.165, 1.54) is 11.1 Å². The van der Waals surface area contributed by atoms with E-state index in [1.807, 2.05) is 18.2 Å². The van der Waals surface area contributed by atoms with Gasteiger partial charge in [-0.15, -0.1) is 0 Å². The predicted octanol–water partition coefficient (Wildman–Crippen LogP) is 3.67. The minimum atomic E-state index is 0.245. The monoisotopic (exact) mass is 264 g/mol. The molecule has 100 valence electrons. The lowest BCUT2D eigenvalue weighted by atomic mass is 10.1. The molecule has 1 aliphatic rings. The van der Waals surface area contributed by atoms with Crippen molar-refractivity contribution in [2.45, 2.75) is 18.9 Å². The molecular weight excluding hydrogens is 248 g/mol. The van der Waals surface area contributed by atoms with Crippen LogP contribution in [0.3, 0.4) is 0 Å². The predicted molar refractivity (Wildman–Crippen MR) is 78.8 cm³/mol. The van der Waals surface area contributed by atoms with Gasteiger partial charge in [-0.25, -0.2) is 0 Å². The number of fused-ring (bicyclic) bond motifs is 1. The Morgan fingerprint density at radius 2 is 2.05 bits per heavy atom. The van der Waals surface area contributed by atoms with Gasteiger partial charge in [0.05, 0.1) is 24.4 Å². The lowest BCUT2D eigenvalue weighted by molar-refractivity contribution is 0.416. The number of nitriles is 1. The summed E-state index contributed by atoms with van der Waals surface area (Å²) in [6.45, 7) is 0. The third kappa shape index (κ3) is 2.10. The van der Waals surface area contributed by atoms with Crippen molar-refractivity contribution in [3.63, 3.8) is 0 Å². The maximum atomic E-state index is 9.26. The summed E-state index contributed by atoms with van der Waals surface area (Å²) >= 11 is 0. The molecule has 0 amide bonds. The molecule has 2 aromatic rings. The first-order valence-electron chi connectivity index (χ1n) is 6.75. The SMILES string of the molecule is COc1cccc(C#N)c1NC1CCc2ccccc21. The van der Waals surface area contributed by atoms with Gasteiger partial charge in [0.15, 0.2) is 0 Å². The van der Waals surface area contributed by atoms with Crippen molar-refractivity contribution in [3.05, 3.63) is 59.2 Å². The van der Waals surface area contributed by atoms with Crippen LogP contribution < -0.4 is 10.1 Å². The summed E-state index contributed by atoms with van der Waals surface area (Å²) < 4.78 is 5.37. The van der Waals surface area contributed by atoms with Crippen LogP contribution in [0.2, 0.25) is 0 Å². The van der Waals surface area contributed by atoms with Crippen molar-refractivity contribution < 1.29 is 4.74 Å². The summed E-state index contributed by atoms with van der Waals surface area (Å²) in [6, 6.07) is 16.5. The quantitative estimate of drug-likeness (QED) is 0.920. The highest BCUT2D eigenvalue weighted by Crippen LogP contribution is 2.37. The normalized spacial score (nSPS) is 16.3. The molecule has 1 aliphatic carbocycles. The smallest absolute Gasteiger partial charge is 0.143 e. The first kappa shape index (κ1) is 12.6. The first-order chi connectivity index (χ1) is 9.83. The number of benzene rings is 2. The number of hydrogen-bond donors (Lipinski definition) is 1. The van der Waals surface area contributed by atoms with E-state index >= 15 is 0 Å². The molecule has 0 radical (unpaired) electrons. The fraction of sp³-hybridized carbons (Fsp3) is 0.235.